The van der Waals surface area contributed by atoms with Gasteiger partial charge in [-0.15, -0.1) is 0 Å². The number of rotatable bonds is 0. The summed E-state index contributed by atoms with van der Waals surface area (Å²) in [6.45, 7) is 1.88. The molecule has 2 rings (SSSR count). The Morgan fingerprint density at radius 1 is 1.29 bits per heavy atom. The Balaban J connectivity index is 2.95. The zero-order valence-electron chi connectivity index (χ0n) is 7.31. The van der Waals surface area contributed by atoms with Crippen molar-refractivity contribution in [2.75, 3.05) is 0 Å². The molecule has 0 bridgehead atoms. The van der Waals surface area contributed by atoms with Crippen LogP contribution in [0.2, 0.25) is 10.2 Å². The lowest BCUT2D eigenvalue weighted by molar-refractivity contribution is 0.630. The fraction of sp³-hybridized carbons (Fsp3) is 0.100. The lowest BCUT2D eigenvalue weighted by Crippen LogP contribution is -1.88. The highest BCUT2D eigenvalue weighted by atomic mass is 35.5. The molecule has 4 heteroatoms. The second kappa shape index (κ2) is 3.37. The molecule has 0 aliphatic carbocycles. The highest BCUT2D eigenvalue weighted by Crippen LogP contribution is 2.28. The third-order valence-corrected chi connectivity index (χ3v) is 2.60. The molecule has 0 amide bonds. The number of benzene rings is 1. The standard InChI is InChI=1S/C10H6Cl2FN/c1-5-4-8(11)14-10-6(5)2-3-7(13)9(10)12/h2-4H,1H3. The van der Waals surface area contributed by atoms with Gasteiger partial charge in [0.15, 0.2) is 0 Å². The number of fused-ring (bicyclic) bond motifs is 1. The molecule has 1 heterocycles. The van der Waals surface area contributed by atoms with E-state index >= 15 is 0 Å². The average molecular weight is 230 g/mol. The number of hydrogen-bond donors (Lipinski definition) is 0. The number of aromatic nitrogens is 1. The molecule has 2 aromatic rings. The van der Waals surface area contributed by atoms with E-state index in [0.29, 0.717) is 10.7 Å². The Labute approximate surface area is 90.5 Å². The van der Waals surface area contributed by atoms with Gasteiger partial charge in [0.2, 0.25) is 0 Å². The van der Waals surface area contributed by atoms with Crippen LogP contribution in [0.5, 0.6) is 0 Å². The minimum absolute atomic E-state index is 0.0214. The summed E-state index contributed by atoms with van der Waals surface area (Å²) in [6.07, 6.45) is 0. The number of nitrogens with zero attached hydrogens (tertiary/aromatic N) is 1. The summed E-state index contributed by atoms with van der Waals surface area (Å²) >= 11 is 11.5. The number of pyridine rings is 1. The Kier molecular flexibility index (Phi) is 2.33. The van der Waals surface area contributed by atoms with Crippen molar-refractivity contribution in [3.63, 3.8) is 0 Å². The summed E-state index contributed by atoms with van der Waals surface area (Å²) in [4.78, 5) is 3.99. The first-order valence-corrected chi connectivity index (χ1v) is 4.76. The molecule has 0 unspecified atom stereocenters. The Morgan fingerprint density at radius 3 is 2.71 bits per heavy atom. The van der Waals surface area contributed by atoms with E-state index in [4.69, 9.17) is 23.2 Å². The molecule has 0 saturated heterocycles. The van der Waals surface area contributed by atoms with Gasteiger partial charge in [-0.2, -0.15) is 0 Å². The molecular weight excluding hydrogens is 224 g/mol. The molecule has 0 radical (unpaired) electrons. The minimum Gasteiger partial charge on any atom is -0.234 e. The molecule has 14 heavy (non-hydrogen) atoms. The summed E-state index contributed by atoms with van der Waals surface area (Å²) in [7, 11) is 0. The topological polar surface area (TPSA) is 12.9 Å². The van der Waals surface area contributed by atoms with Gasteiger partial charge >= 0.3 is 0 Å². The predicted octanol–water partition coefficient (Wildman–Crippen LogP) is 3.99. The van der Waals surface area contributed by atoms with Crippen LogP contribution in [-0.4, -0.2) is 4.98 Å². The third-order valence-electron chi connectivity index (χ3n) is 2.05. The van der Waals surface area contributed by atoms with Crippen molar-refractivity contribution in [3.05, 3.63) is 39.8 Å². The SMILES string of the molecule is Cc1cc(Cl)nc2c(Cl)c(F)ccc12. The molecule has 0 spiro atoms. The average Bonchev–Trinajstić information content (AvgIpc) is 2.12. The molecule has 0 atom stereocenters. The number of hydrogen-bond acceptors (Lipinski definition) is 1. The Hall–Kier alpha value is -0.860. The first-order valence-electron chi connectivity index (χ1n) is 4.00. The predicted molar refractivity (Wildman–Crippen MR) is 56.5 cm³/mol. The van der Waals surface area contributed by atoms with E-state index in [9.17, 15) is 4.39 Å². The van der Waals surface area contributed by atoms with E-state index in [0.717, 1.165) is 10.9 Å². The molecular formula is C10H6Cl2FN. The van der Waals surface area contributed by atoms with Crippen LogP contribution in [0.3, 0.4) is 0 Å². The Bertz CT molecular complexity index is 511. The summed E-state index contributed by atoms with van der Waals surface area (Å²) in [5.41, 5.74) is 1.35. The van der Waals surface area contributed by atoms with Crippen molar-refractivity contribution >= 4 is 34.1 Å². The first-order chi connectivity index (χ1) is 6.59. The second-order valence-electron chi connectivity index (χ2n) is 3.02. The van der Waals surface area contributed by atoms with Crippen LogP contribution in [0.4, 0.5) is 4.39 Å². The van der Waals surface area contributed by atoms with Gasteiger partial charge in [-0.1, -0.05) is 23.2 Å². The quantitative estimate of drug-likeness (QED) is 0.623. The van der Waals surface area contributed by atoms with Crippen molar-refractivity contribution in [1.29, 1.82) is 0 Å². The van der Waals surface area contributed by atoms with Gasteiger partial charge in [0, 0.05) is 5.39 Å². The van der Waals surface area contributed by atoms with Crippen LogP contribution >= 0.6 is 23.2 Å². The molecule has 0 aliphatic heterocycles. The van der Waals surface area contributed by atoms with Gasteiger partial charge < -0.3 is 0 Å². The van der Waals surface area contributed by atoms with Gasteiger partial charge in [0.1, 0.15) is 16.0 Å². The van der Waals surface area contributed by atoms with Gasteiger partial charge in [0.25, 0.3) is 0 Å². The van der Waals surface area contributed by atoms with Crippen molar-refractivity contribution < 1.29 is 4.39 Å². The van der Waals surface area contributed by atoms with Crippen molar-refractivity contribution in [2.45, 2.75) is 6.92 Å². The smallest absolute Gasteiger partial charge is 0.144 e. The molecule has 72 valence electrons. The number of halogens is 3. The first kappa shape index (κ1) is 9.69. The van der Waals surface area contributed by atoms with Crippen molar-refractivity contribution in [3.8, 4) is 0 Å². The highest BCUT2D eigenvalue weighted by Gasteiger charge is 2.08. The Morgan fingerprint density at radius 2 is 2.00 bits per heavy atom. The van der Waals surface area contributed by atoms with Gasteiger partial charge in [-0.25, -0.2) is 9.37 Å². The van der Waals surface area contributed by atoms with Crippen molar-refractivity contribution in [1.82, 2.24) is 4.98 Å². The van der Waals surface area contributed by atoms with E-state index in [1.54, 1.807) is 12.1 Å². The van der Waals surface area contributed by atoms with Crippen LogP contribution in [-0.2, 0) is 0 Å². The second-order valence-corrected chi connectivity index (χ2v) is 3.78. The summed E-state index contributed by atoms with van der Waals surface area (Å²) in [5.74, 6) is -0.478. The maximum absolute atomic E-state index is 13.1. The van der Waals surface area contributed by atoms with Crippen LogP contribution in [0, 0.1) is 12.7 Å². The van der Waals surface area contributed by atoms with Gasteiger partial charge in [-0.05, 0) is 30.7 Å². The zero-order chi connectivity index (χ0) is 10.3. The summed E-state index contributed by atoms with van der Waals surface area (Å²) in [5, 5.41) is 1.16. The largest absolute Gasteiger partial charge is 0.234 e. The fourth-order valence-corrected chi connectivity index (χ4v) is 1.82. The summed E-state index contributed by atoms with van der Waals surface area (Å²) < 4.78 is 13.1. The van der Waals surface area contributed by atoms with E-state index in [1.807, 2.05) is 6.92 Å². The van der Waals surface area contributed by atoms with Crippen LogP contribution in [0.15, 0.2) is 18.2 Å². The maximum atomic E-state index is 13.1. The van der Waals surface area contributed by atoms with Crippen molar-refractivity contribution in [2.24, 2.45) is 0 Å². The fourth-order valence-electron chi connectivity index (χ4n) is 1.36. The lowest BCUT2D eigenvalue weighted by atomic mass is 10.1. The molecule has 1 nitrogen and oxygen atoms in total. The summed E-state index contributed by atoms with van der Waals surface area (Å²) in [6, 6.07) is 4.70. The maximum Gasteiger partial charge on any atom is 0.144 e. The lowest BCUT2D eigenvalue weighted by Gasteiger charge is -2.04. The minimum atomic E-state index is -0.478. The van der Waals surface area contributed by atoms with E-state index in [-0.39, 0.29) is 5.02 Å². The van der Waals surface area contributed by atoms with E-state index < -0.39 is 5.82 Å². The van der Waals surface area contributed by atoms with Crippen LogP contribution in [0.25, 0.3) is 10.9 Å². The third kappa shape index (κ3) is 1.45. The number of aryl methyl sites for hydroxylation is 1. The van der Waals surface area contributed by atoms with Crippen LogP contribution in [0.1, 0.15) is 5.56 Å². The van der Waals surface area contributed by atoms with E-state index in [1.165, 1.54) is 6.07 Å². The molecule has 0 N–H and O–H groups in total. The van der Waals surface area contributed by atoms with Gasteiger partial charge in [0.05, 0.1) is 5.52 Å². The molecule has 1 aromatic heterocycles. The van der Waals surface area contributed by atoms with Crippen LogP contribution < -0.4 is 0 Å². The highest BCUT2D eigenvalue weighted by molar-refractivity contribution is 6.36. The molecule has 0 fully saturated rings. The van der Waals surface area contributed by atoms with E-state index in [2.05, 4.69) is 4.98 Å². The zero-order valence-corrected chi connectivity index (χ0v) is 8.83. The molecule has 0 saturated carbocycles. The van der Waals surface area contributed by atoms with Gasteiger partial charge in [-0.3, -0.25) is 0 Å². The molecule has 0 aliphatic rings. The normalized spacial score (nSPS) is 10.9. The monoisotopic (exact) mass is 229 g/mol. The molecule has 1 aromatic carbocycles.